The van der Waals surface area contributed by atoms with E-state index in [0.717, 1.165) is 83.5 Å². The highest BCUT2D eigenvalue weighted by atomic mass is 16.6. The standard InChI is InChI=1S/C63H116O6/c1-4-7-10-13-16-19-22-25-28-29-30-31-32-33-36-38-41-44-47-50-53-56-62(65)68-59-60(69-63(66)57-54-51-48-45-42-39-35-27-24-21-18-15-12-9-6-3)58-67-61(64)55-52-49-46-43-40-37-34-26-23-20-17-14-11-8-5-2/h17,20,26-27,34-35,60H,4-16,18-19,21-25,28-33,36-59H2,1-3H3/b20-17-,34-26-,35-27-/t60-/m1/s1. The number of unbranched alkanes of at least 4 members (excludes halogenated alkanes) is 39. The van der Waals surface area contributed by atoms with Gasteiger partial charge in [-0.05, 0) is 77.0 Å². The molecule has 0 aliphatic carbocycles. The van der Waals surface area contributed by atoms with Gasteiger partial charge in [-0.3, -0.25) is 14.4 Å². The summed E-state index contributed by atoms with van der Waals surface area (Å²) in [6, 6.07) is 0. The van der Waals surface area contributed by atoms with Crippen LogP contribution in [0.25, 0.3) is 0 Å². The van der Waals surface area contributed by atoms with Crippen molar-refractivity contribution >= 4 is 17.9 Å². The minimum atomic E-state index is -0.780. The van der Waals surface area contributed by atoms with Crippen LogP contribution in [0.2, 0.25) is 0 Å². The van der Waals surface area contributed by atoms with Crippen molar-refractivity contribution in [1.82, 2.24) is 0 Å². The van der Waals surface area contributed by atoms with Gasteiger partial charge in [0.05, 0.1) is 0 Å². The van der Waals surface area contributed by atoms with Crippen molar-refractivity contribution in [1.29, 1.82) is 0 Å². The Labute approximate surface area is 429 Å². The molecule has 404 valence electrons. The third-order valence-corrected chi connectivity index (χ3v) is 13.6. The molecule has 0 saturated heterocycles. The molecule has 69 heavy (non-hydrogen) atoms. The summed E-state index contributed by atoms with van der Waals surface area (Å²) in [5, 5.41) is 0. The molecule has 0 aromatic rings. The van der Waals surface area contributed by atoms with E-state index in [2.05, 4.69) is 57.2 Å². The van der Waals surface area contributed by atoms with Crippen molar-refractivity contribution in [3.05, 3.63) is 36.5 Å². The van der Waals surface area contributed by atoms with Gasteiger partial charge in [-0.15, -0.1) is 0 Å². The molecular formula is C63H116O6. The molecule has 0 aromatic carbocycles. The van der Waals surface area contributed by atoms with Gasteiger partial charge in [0.1, 0.15) is 13.2 Å². The molecule has 0 aliphatic rings. The summed E-state index contributed by atoms with van der Waals surface area (Å²) in [4.78, 5) is 38.2. The van der Waals surface area contributed by atoms with Crippen molar-refractivity contribution in [2.24, 2.45) is 0 Å². The Bertz CT molecular complexity index is 1160. The summed E-state index contributed by atoms with van der Waals surface area (Å²) in [6.07, 6.45) is 70.0. The lowest BCUT2D eigenvalue weighted by Gasteiger charge is -2.18. The second-order valence-corrected chi connectivity index (χ2v) is 20.6. The number of esters is 3. The molecule has 0 fully saturated rings. The quantitative estimate of drug-likeness (QED) is 0.0261. The lowest BCUT2D eigenvalue weighted by atomic mass is 10.0. The first-order valence-electron chi connectivity index (χ1n) is 30.5. The maximum absolute atomic E-state index is 12.9. The van der Waals surface area contributed by atoms with Gasteiger partial charge >= 0.3 is 17.9 Å². The summed E-state index contributed by atoms with van der Waals surface area (Å²) in [6.45, 7) is 6.64. The van der Waals surface area contributed by atoms with Crippen molar-refractivity contribution < 1.29 is 28.6 Å². The number of hydrogen-bond acceptors (Lipinski definition) is 6. The van der Waals surface area contributed by atoms with Gasteiger partial charge in [0.25, 0.3) is 0 Å². The first-order valence-corrected chi connectivity index (χ1v) is 30.5. The fraction of sp³-hybridized carbons (Fsp3) is 0.857. The molecule has 1 atom stereocenters. The summed E-state index contributed by atoms with van der Waals surface area (Å²) in [5.74, 6) is -0.879. The van der Waals surface area contributed by atoms with Crippen LogP contribution in [0.3, 0.4) is 0 Å². The predicted molar refractivity (Wildman–Crippen MR) is 298 cm³/mol. The molecule has 0 heterocycles. The van der Waals surface area contributed by atoms with Gasteiger partial charge in [0.2, 0.25) is 0 Å². The molecule has 0 bridgehead atoms. The molecule has 0 rings (SSSR count). The molecular weight excluding hydrogens is 853 g/mol. The molecule has 0 aromatic heterocycles. The Morgan fingerprint density at radius 1 is 0.290 bits per heavy atom. The molecule has 0 aliphatic heterocycles. The van der Waals surface area contributed by atoms with Gasteiger partial charge in [0.15, 0.2) is 6.10 Å². The monoisotopic (exact) mass is 969 g/mol. The Balaban J connectivity index is 4.31. The number of hydrogen-bond donors (Lipinski definition) is 0. The average Bonchev–Trinajstić information content (AvgIpc) is 3.35. The highest BCUT2D eigenvalue weighted by Gasteiger charge is 2.19. The van der Waals surface area contributed by atoms with Crippen LogP contribution in [0.4, 0.5) is 0 Å². The fourth-order valence-corrected chi connectivity index (χ4v) is 9.00. The molecule has 0 spiro atoms. The van der Waals surface area contributed by atoms with E-state index >= 15 is 0 Å². The van der Waals surface area contributed by atoms with Gasteiger partial charge < -0.3 is 14.2 Å². The van der Waals surface area contributed by atoms with E-state index in [1.54, 1.807) is 0 Å². The molecule has 0 N–H and O–H groups in total. The second kappa shape index (κ2) is 58.2. The SMILES string of the molecule is CCCCC/C=C\C/C=C\CCCCCCCC(=O)OC[C@H](COC(=O)CCCCCCCCCCCCCCCCCCCCCCC)OC(=O)CCCCCCC/C=C\CCCCCCCC. The largest absolute Gasteiger partial charge is 0.462 e. The van der Waals surface area contributed by atoms with E-state index in [1.807, 2.05) is 0 Å². The fourth-order valence-electron chi connectivity index (χ4n) is 9.00. The number of rotatable bonds is 56. The van der Waals surface area contributed by atoms with E-state index in [0.29, 0.717) is 19.3 Å². The van der Waals surface area contributed by atoms with Crippen LogP contribution in [0.15, 0.2) is 36.5 Å². The maximum atomic E-state index is 12.9. The Hall–Kier alpha value is -2.37. The first kappa shape index (κ1) is 66.6. The van der Waals surface area contributed by atoms with Crippen LogP contribution in [0.1, 0.15) is 329 Å². The van der Waals surface area contributed by atoms with Crippen LogP contribution in [0, 0.1) is 0 Å². The average molecular weight is 970 g/mol. The zero-order chi connectivity index (χ0) is 50.0. The van der Waals surface area contributed by atoms with Crippen molar-refractivity contribution in [2.45, 2.75) is 335 Å². The topological polar surface area (TPSA) is 78.9 Å². The maximum Gasteiger partial charge on any atom is 0.306 e. The summed E-state index contributed by atoms with van der Waals surface area (Å²) < 4.78 is 16.9. The van der Waals surface area contributed by atoms with E-state index in [9.17, 15) is 14.4 Å². The first-order chi connectivity index (χ1) is 34.0. The van der Waals surface area contributed by atoms with Crippen LogP contribution < -0.4 is 0 Å². The van der Waals surface area contributed by atoms with Crippen molar-refractivity contribution in [2.75, 3.05) is 13.2 Å². The molecule has 0 amide bonds. The zero-order valence-corrected chi connectivity index (χ0v) is 46.3. The van der Waals surface area contributed by atoms with Crippen LogP contribution in [-0.4, -0.2) is 37.2 Å². The molecule has 6 heteroatoms. The van der Waals surface area contributed by atoms with Crippen LogP contribution >= 0.6 is 0 Å². The van der Waals surface area contributed by atoms with Gasteiger partial charge in [-0.25, -0.2) is 0 Å². The molecule has 0 saturated carbocycles. The molecule has 0 unspecified atom stereocenters. The lowest BCUT2D eigenvalue weighted by molar-refractivity contribution is -0.167. The predicted octanol–water partition coefficient (Wildman–Crippen LogP) is 20.4. The van der Waals surface area contributed by atoms with Crippen LogP contribution in [-0.2, 0) is 28.6 Å². The Morgan fingerprint density at radius 2 is 0.522 bits per heavy atom. The molecule has 0 radical (unpaired) electrons. The summed E-state index contributed by atoms with van der Waals surface area (Å²) in [5.41, 5.74) is 0. The summed E-state index contributed by atoms with van der Waals surface area (Å²) >= 11 is 0. The summed E-state index contributed by atoms with van der Waals surface area (Å²) in [7, 11) is 0. The number of carbonyl (C=O) groups excluding carboxylic acids is 3. The van der Waals surface area contributed by atoms with E-state index in [4.69, 9.17) is 14.2 Å². The van der Waals surface area contributed by atoms with E-state index in [-0.39, 0.29) is 31.1 Å². The Kier molecular flexibility index (Phi) is 56.2. The normalized spacial score (nSPS) is 12.2. The number of carbonyl (C=O) groups is 3. The number of ether oxygens (including phenoxy) is 3. The highest BCUT2D eigenvalue weighted by Crippen LogP contribution is 2.17. The van der Waals surface area contributed by atoms with Crippen LogP contribution in [0.5, 0.6) is 0 Å². The van der Waals surface area contributed by atoms with Crippen molar-refractivity contribution in [3.63, 3.8) is 0 Å². The highest BCUT2D eigenvalue weighted by molar-refractivity contribution is 5.71. The van der Waals surface area contributed by atoms with Gasteiger partial charge in [-0.1, -0.05) is 269 Å². The minimum absolute atomic E-state index is 0.0762. The number of allylic oxidation sites excluding steroid dienone is 6. The smallest absolute Gasteiger partial charge is 0.306 e. The third-order valence-electron chi connectivity index (χ3n) is 13.6. The minimum Gasteiger partial charge on any atom is -0.462 e. The zero-order valence-electron chi connectivity index (χ0n) is 46.3. The molecule has 6 nitrogen and oxygen atoms in total. The van der Waals surface area contributed by atoms with Gasteiger partial charge in [-0.2, -0.15) is 0 Å². The van der Waals surface area contributed by atoms with E-state index < -0.39 is 6.10 Å². The van der Waals surface area contributed by atoms with Gasteiger partial charge in [0, 0.05) is 19.3 Å². The Morgan fingerprint density at radius 3 is 0.841 bits per heavy atom. The van der Waals surface area contributed by atoms with Crippen molar-refractivity contribution in [3.8, 4) is 0 Å². The van der Waals surface area contributed by atoms with E-state index in [1.165, 1.54) is 205 Å². The lowest BCUT2D eigenvalue weighted by Crippen LogP contribution is -2.30. The second-order valence-electron chi connectivity index (χ2n) is 20.6. The third kappa shape index (κ3) is 56.4.